The van der Waals surface area contributed by atoms with Crippen molar-refractivity contribution >= 4 is 34.2 Å². The second kappa shape index (κ2) is 5.49. The molecule has 1 aromatic carbocycles. The van der Waals surface area contributed by atoms with Gasteiger partial charge in [-0.15, -0.1) is 0 Å². The zero-order chi connectivity index (χ0) is 13.2. The minimum absolute atomic E-state index is 0.0391. The third-order valence-corrected chi connectivity index (χ3v) is 4.37. The number of anilines is 1. The van der Waals surface area contributed by atoms with Gasteiger partial charge in [0.2, 0.25) is 0 Å². The monoisotopic (exact) mass is 286 g/mol. The molecule has 0 radical (unpaired) electrons. The Bertz CT molecular complexity index is 478. The topological polar surface area (TPSA) is 24.4 Å². The molecule has 2 rings (SSSR count). The van der Waals surface area contributed by atoms with E-state index < -0.39 is 5.82 Å². The van der Waals surface area contributed by atoms with Gasteiger partial charge in [0, 0.05) is 5.75 Å². The van der Waals surface area contributed by atoms with Crippen molar-refractivity contribution in [1.82, 2.24) is 0 Å². The van der Waals surface area contributed by atoms with Crippen LogP contribution in [0, 0.1) is 5.82 Å². The van der Waals surface area contributed by atoms with Crippen LogP contribution in [-0.4, -0.2) is 16.5 Å². The number of nitrogens with zero attached hydrogens (tertiary/aromatic N) is 1. The lowest BCUT2D eigenvalue weighted by atomic mass is 9.97. The SMILES string of the molecule is CCC1(C)CCSC(Nc2cccc(Cl)c2F)=N1. The third kappa shape index (κ3) is 2.98. The first-order valence-electron chi connectivity index (χ1n) is 5.98. The molecule has 0 spiro atoms. The number of hydrogen-bond donors (Lipinski definition) is 1. The summed E-state index contributed by atoms with van der Waals surface area (Å²) in [5.41, 5.74) is 0.344. The summed E-state index contributed by atoms with van der Waals surface area (Å²) in [5, 5.41) is 3.93. The van der Waals surface area contributed by atoms with Crippen LogP contribution >= 0.6 is 23.4 Å². The predicted octanol–water partition coefficient (Wildman–Crippen LogP) is 4.55. The molecular weight excluding hydrogens is 271 g/mol. The number of hydrogen-bond acceptors (Lipinski definition) is 3. The molecule has 0 amide bonds. The highest BCUT2D eigenvalue weighted by Gasteiger charge is 2.26. The summed E-state index contributed by atoms with van der Waals surface area (Å²) in [6.07, 6.45) is 2.04. The van der Waals surface area contributed by atoms with E-state index in [-0.39, 0.29) is 10.6 Å². The van der Waals surface area contributed by atoms with Gasteiger partial charge >= 0.3 is 0 Å². The first-order chi connectivity index (χ1) is 8.54. The third-order valence-electron chi connectivity index (χ3n) is 3.21. The molecule has 0 aromatic heterocycles. The van der Waals surface area contributed by atoms with Crippen molar-refractivity contribution in [3.8, 4) is 0 Å². The van der Waals surface area contributed by atoms with Crippen molar-refractivity contribution in [2.45, 2.75) is 32.2 Å². The fraction of sp³-hybridized carbons (Fsp3) is 0.462. The number of thioether (sulfide) groups is 1. The van der Waals surface area contributed by atoms with E-state index in [1.165, 1.54) is 6.07 Å². The Morgan fingerprint density at radius 3 is 3.06 bits per heavy atom. The minimum atomic E-state index is -0.425. The van der Waals surface area contributed by atoms with E-state index in [4.69, 9.17) is 11.6 Å². The van der Waals surface area contributed by atoms with E-state index in [1.54, 1.807) is 23.9 Å². The van der Waals surface area contributed by atoms with Gasteiger partial charge in [-0.1, -0.05) is 36.4 Å². The Morgan fingerprint density at radius 2 is 2.33 bits per heavy atom. The molecule has 1 N–H and O–H groups in total. The van der Waals surface area contributed by atoms with Crippen LogP contribution in [0.1, 0.15) is 26.7 Å². The van der Waals surface area contributed by atoms with Crippen LogP contribution in [0.3, 0.4) is 0 Å². The number of amidine groups is 1. The van der Waals surface area contributed by atoms with Gasteiger partial charge in [-0.2, -0.15) is 0 Å². The van der Waals surface area contributed by atoms with E-state index in [9.17, 15) is 4.39 Å². The van der Waals surface area contributed by atoms with Gasteiger partial charge in [0.1, 0.15) is 0 Å². The molecule has 0 aliphatic carbocycles. The Kier molecular flexibility index (Phi) is 4.17. The highest BCUT2D eigenvalue weighted by molar-refractivity contribution is 8.14. The molecule has 1 aromatic rings. The molecular formula is C13H16ClFN2S. The summed E-state index contributed by atoms with van der Waals surface area (Å²) in [5.74, 6) is 0.574. The lowest BCUT2D eigenvalue weighted by Gasteiger charge is -2.29. The van der Waals surface area contributed by atoms with Crippen molar-refractivity contribution in [2.75, 3.05) is 11.1 Å². The van der Waals surface area contributed by atoms with Crippen molar-refractivity contribution in [2.24, 2.45) is 4.99 Å². The van der Waals surface area contributed by atoms with Gasteiger partial charge in [-0.3, -0.25) is 4.99 Å². The molecule has 98 valence electrons. The van der Waals surface area contributed by atoms with Gasteiger partial charge in [-0.05, 0) is 31.9 Å². The highest BCUT2D eigenvalue weighted by atomic mass is 35.5. The van der Waals surface area contributed by atoms with Gasteiger partial charge in [0.05, 0.1) is 16.2 Å². The van der Waals surface area contributed by atoms with Crippen LogP contribution in [0.25, 0.3) is 0 Å². The van der Waals surface area contributed by atoms with E-state index in [2.05, 4.69) is 24.2 Å². The van der Waals surface area contributed by atoms with E-state index in [0.717, 1.165) is 23.8 Å². The number of aliphatic imine (C=N–C) groups is 1. The Balaban J connectivity index is 2.21. The van der Waals surface area contributed by atoms with Crippen molar-refractivity contribution < 1.29 is 4.39 Å². The molecule has 0 saturated heterocycles. The van der Waals surface area contributed by atoms with E-state index in [1.807, 2.05) is 0 Å². The molecule has 1 aliphatic heterocycles. The van der Waals surface area contributed by atoms with Gasteiger partial charge < -0.3 is 5.32 Å². The molecule has 2 nitrogen and oxygen atoms in total. The molecule has 0 fully saturated rings. The van der Waals surface area contributed by atoms with Crippen LogP contribution in [0.2, 0.25) is 5.02 Å². The van der Waals surface area contributed by atoms with Crippen LogP contribution < -0.4 is 5.32 Å². The minimum Gasteiger partial charge on any atom is -0.333 e. The summed E-state index contributed by atoms with van der Waals surface area (Å²) in [7, 11) is 0. The van der Waals surface area contributed by atoms with E-state index >= 15 is 0 Å². The number of nitrogens with one attached hydrogen (secondary N) is 1. The van der Waals surface area contributed by atoms with E-state index in [0.29, 0.717) is 5.69 Å². The highest BCUT2D eigenvalue weighted by Crippen LogP contribution is 2.31. The largest absolute Gasteiger partial charge is 0.333 e. The Labute approximate surface area is 116 Å². The van der Waals surface area contributed by atoms with Crippen LogP contribution in [0.15, 0.2) is 23.2 Å². The van der Waals surface area contributed by atoms with Gasteiger partial charge in [0.25, 0.3) is 0 Å². The number of rotatable bonds is 2. The fourth-order valence-corrected chi connectivity index (χ4v) is 3.11. The second-order valence-corrected chi connectivity index (χ2v) is 6.08. The molecule has 0 bridgehead atoms. The molecule has 18 heavy (non-hydrogen) atoms. The summed E-state index contributed by atoms with van der Waals surface area (Å²) in [4.78, 5) is 4.66. The fourth-order valence-electron chi connectivity index (χ4n) is 1.74. The van der Waals surface area contributed by atoms with Crippen LogP contribution in [-0.2, 0) is 0 Å². The Hall–Kier alpha value is -0.740. The lowest BCUT2D eigenvalue weighted by Crippen LogP contribution is -2.29. The first-order valence-corrected chi connectivity index (χ1v) is 7.34. The Morgan fingerprint density at radius 1 is 1.56 bits per heavy atom. The molecule has 0 saturated carbocycles. The van der Waals surface area contributed by atoms with Crippen molar-refractivity contribution in [3.63, 3.8) is 0 Å². The van der Waals surface area contributed by atoms with Crippen LogP contribution in [0.5, 0.6) is 0 Å². The number of halogens is 2. The maximum Gasteiger partial charge on any atom is 0.165 e. The average molecular weight is 287 g/mol. The molecule has 1 heterocycles. The maximum atomic E-state index is 13.8. The maximum absolute atomic E-state index is 13.8. The zero-order valence-corrected chi connectivity index (χ0v) is 12.0. The molecule has 1 atom stereocenters. The molecule has 1 aliphatic rings. The quantitative estimate of drug-likeness (QED) is 0.862. The van der Waals surface area contributed by atoms with Gasteiger partial charge in [-0.25, -0.2) is 4.39 Å². The molecule has 1 unspecified atom stereocenters. The zero-order valence-electron chi connectivity index (χ0n) is 10.5. The summed E-state index contributed by atoms with van der Waals surface area (Å²) < 4.78 is 13.8. The predicted molar refractivity (Wildman–Crippen MR) is 78.2 cm³/mol. The molecule has 5 heteroatoms. The standard InChI is InChI=1S/C13H16ClFN2S/c1-3-13(2)7-8-18-12(17-13)16-10-6-4-5-9(14)11(10)15/h4-6H,3,7-8H2,1-2H3,(H,16,17). The summed E-state index contributed by atoms with van der Waals surface area (Å²) >= 11 is 7.37. The summed E-state index contributed by atoms with van der Waals surface area (Å²) in [6.45, 7) is 4.25. The van der Waals surface area contributed by atoms with Crippen LogP contribution in [0.4, 0.5) is 10.1 Å². The number of benzene rings is 1. The smallest absolute Gasteiger partial charge is 0.165 e. The lowest BCUT2D eigenvalue weighted by molar-refractivity contribution is 0.443. The van der Waals surface area contributed by atoms with Gasteiger partial charge in [0.15, 0.2) is 11.0 Å². The van der Waals surface area contributed by atoms with Crippen molar-refractivity contribution in [3.05, 3.63) is 29.0 Å². The normalized spacial score (nSPS) is 23.7. The second-order valence-electron chi connectivity index (χ2n) is 4.59. The van der Waals surface area contributed by atoms with Crippen molar-refractivity contribution in [1.29, 1.82) is 0 Å². The average Bonchev–Trinajstić information content (AvgIpc) is 2.35. The first kappa shape index (κ1) is 13.7. The summed E-state index contributed by atoms with van der Waals surface area (Å²) in [6, 6.07) is 4.93.